The van der Waals surface area contributed by atoms with Crippen molar-refractivity contribution in [2.75, 3.05) is 26.8 Å². The van der Waals surface area contributed by atoms with Crippen molar-refractivity contribution >= 4 is 11.9 Å². The number of nitrogens with zero attached hydrogens (tertiary/aromatic N) is 1. The van der Waals surface area contributed by atoms with Gasteiger partial charge in [0.25, 0.3) is 0 Å². The topological polar surface area (TPSA) is 78.9 Å². The third kappa shape index (κ3) is 6.23. The Kier molecular flexibility index (Phi) is 7.49. The fraction of sp³-hybridized carbons (Fsp3) is 0.818. The SMILES string of the molecule is COC(=O)C(CN(CCO)C(C)C)NC(C)=O. The second-order valence-electron chi connectivity index (χ2n) is 4.09. The summed E-state index contributed by atoms with van der Waals surface area (Å²) in [6.07, 6.45) is 0. The normalized spacial score (nSPS) is 12.6. The van der Waals surface area contributed by atoms with Gasteiger partial charge in [-0.3, -0.25) is 9.69 Å². The number of esters is 1. The molecule has 1 amide bonds. The van der Waals surface area contributed by atoms with Crippen molar-refractivity contribution in [3.63, 3.8) is 0 Å². The lowest BCUT2D eigenvalue weighted by Crippen LogP contribution is -2.50. The molecule has 0 rings (SSSR count). The number of nitrogens with one attached hydrogen (secondary N) is 1. The molecule has 2 N–H and O–H groups in total. The van der Waals surface area contributed by atoms with Gasteiger partial charge in [0.15, 0.2) is 0 Å². The highest BCUT2D eigenvalue weighted by Gasteiger charge is 2.24. The van der Waals surface area contributed by atoms with Crippen LogP contribution in [0.4, 0.5) is 0 Å². The molecule has 0 aromatic heterocycles. The first kappa shape index (κ1) is 15.9. The fourth-order valence-electron chi connectivity index (χ4n) is 1.49. The predicted molar refractivity (Wildman–Crippen MR) is 63.4 cm³/mol. The van der Waals surface area contributed by atoms with Gasteiger partial charge in [-0.05, 0) is 13.8 Å². The van der Waals surface area contributed by atoms with Gasteiger partial charge in [-0.2, -0.15) is 0 Å². The Morgan fingerprint density at radius 2 is 2.00 bits per heavy atom. The molecule has 17 heavy (non-hydrogen) atoms. The molecule has 100 valence electrons. The number of carbonyl (C=O) groups is 2. The molecular weight excluding hydrogens is 224 g/mol. The molecule has 0 aromatic rings. The number of rotatable bonds is 7. The van der Waals surface area contributed by atoms with Gasteiger partial charge < -0.3 is 15.2 Å². The number of carbonyl (C=O) groups excluding carboxylic acids is 2. The highest BCUT2D eigenvalue weighted by molar-refractivity contribution is 5.83. The molecule has 0 aromatic carbocycles. The van der Waals surface area contributed by atoms with Crippen LogP contribution in [0.5, 0.6) is 0 Å². The van der Waals surface area contributed by atoms with E-state index in [-0.39, 0.29) is 18.6 Å². The molecule has 0 aliphatic carbocycles. The largest absolute Gasteiger partial charge is 0.467 e. The molecule has 1 unspecified atom stereocenters. The van der Waals surface area contributed by atoms with Crippen LogP contribution in [0.15, 0.2) is 0 Å². The van der Waals surface area contributed by atoms with E-state index in [0.29, 0.717) is 13.1 Å². The summed E-state index contributed by atoms with van der Waals surface area (Å²) in [6, 6.07) is -0.533. The zero-order chi connectivity index (χ0) is 13.4. The molecule has 6 heteroatoms. The maximum atomic E-state index is 11.5. The number of methoxy groups -OCH3 is 1. The van der Waals surface area contributed by atoms with Gasteiger partial charge in [-0.15, -0.1) is 0 Å². The second kappa shape index (κ2) is 8.03. The van der Waals surface area contributed by atoms with E-state index in [2.05, 4.69) is 10.1 Å². The van der Waals surface area contributed by atoms with Crippen molar-refractivity contribution in [2.24, 2.45) is 0 Å². The molecule has 0 radical (unpaired) electrons. The van der Waals surface area contributed by atoms with Crippen LogP contribution < -0.4 is 5.32 Å². The average molecular weight is 246 g/mol. The molecule has 0 heterocycles. The molecule has 0 aliphatic rings. The summed E-state index contributed by atoms with van der Waals surface area (Å²) in [5, 5.41) is 11.5. The summed E-state index contributed by atoms with van der Waals surface area (Å²) in [5.41, 5.74) is 0. The highest BCUT2D eigenvalue weighted by atomic mass is 16.5. The molecule has 0 fully saturated rings. The maximum absolute atomic E-state index is 11.5. The van der Waals surface area contributed by atoms with Crippen LogP contribution in [0.25, 0.3) is 0 Å². The second-order valence-corrected chi connectivity index (χ2v) is 4.09. The molecular formula is C11H22N2O4. The van der Waals surface area contributed by atoms with Crippen LogP contribution in [0.1, 0.15) is 20.8 Å². The minimum Gasteiger partial charge on any atom is -0.467 e. The van der Waals surface area contributed by atoms with Gasteiger partial charge in [0.2, 0.25) is 5.91 Å². The Morgan fingerprint density at radius 3 is 2.35 bits per heavy atom. The van der Waals surface area contributed by atoms with Gasteiger partial charge in [0.1, 0.15) is 6.04 Å². The Bertz CT molecular complexity index is 256. The van der Waals surface area contributed by atoms with Crippen LogP contribution >= 0.6 is 0 Å². The van der Waals surface area contributed by atoms with E-state index in [1.54, 1.807) is 0 Å². The van der Waals surface area contributed by atoms with E-state index >= 15 is 0 Å². The van der Waals surface area contributed by atoms with Crippen molar-refractivity contribution in [2.45, 2.75) is 32.9 Å². The number of ether oxygens (including phenoxy) is 1. The number of hydrogen-bond acceptors (Lipinski definition) is 5. The summed E-state index contributed by atoms with van der Waals surface area (Å²) < 4.78 is 4.63. The van der Waals surface area contributed by atoms with Crippen LogP contribution in [-0.4, -0.2) is 60.8 Å². The van der Waals surface area contributed by atoms with Gasteiger partial charge in [-0.1, -0.05) is 0 Å². The molecule has 6 nitrogen and oxygen atoms in total. The van der Waals surface area contributed by atoms with Crippen LogP contribution in [0, 0.1) is 0 Å². The van der Waals surface area contributed by atoms with Crippen molar-refractivity contribution in [1.29, 1.82) is 0 Å². The van der Waals surface area contributed by atoms with E-state index in [4.69, 9.17) is 5.11 Å². The summed E-state index contributed by atoms with van der Waals surface area (Å²) in [7, 11) is 1.28. The molecule has 1 atom stereocenters. The third-order valence-electron chi connectivity index (χ3n) is 2.40. The van der Waals surface area contributed by atoms with Crippen molar-refractivity contribution in [3.8, 4) is 0 Å². The highest BCUT2D eigenvalue weighted by Crippen LogP contribution is 2.01. The number of amides is 1. The van der Waals surface area contributed by atoms with E-state index in [9.17, 15) is 9.59 Å². The minimum atomic E-state index is -0.702. The van der Waals surface area contributed by atoms with Gasteiger partial charge in [0.05, 0.1) is 13.7 Å². The Morgan fingerprint density at radius 1 is 1.41 bits per heavy atom. The van der Waals surface area contributed by atoms with Crippen LogP contribution in [0.2, 0.25) is 0 Å². The summed E-state index contributed by atoms with van der Waals surface area (Å²) in [6.45, 7) is 6.04. The lowest BCUT2D eigenvalue weighted by Gasteiger charge is -2.29. The molecule has 0 aliphatic heterocycles. The standard InChI is InChI=1S/C11H22N2O4/c1-8(2)13(5-6-14)7-10(11(16)17-4)12-9(3)15/h8,10,14H,5-7H2,1-4H3,(H,12,15). The van der Waals surface area contributed by atoms with Crippen LogP contribution in [0.3, 0.4) is 0 Å². The van der Waals surface area contributed by atoms with Gasteiger partial charge in [0, 0.05) is 26.1 Å². The maximum Gasteiger partial charge on any atom is 0.329 e. The van der Waals surface area contributed by atoms with Crippen LogP contribution in [-0.2, 0) is 14.3 Å². The monoisotopic (exact) mass is 246 g/mol. The lowest BCUT2D eigenvalue weighted by molar-refractivity contribution is -0.145. The Hall–Kier alpha value is -1.14. The summed E-state index contributed by atoms with van der Waals surface area (Å²) in [4.78, 5) is 24.4. The van der Waals surface area contributed by atoms with E-state index < -0.39 is 12.0 Å². The van der Waals surface area contributed by atoms with Gasteiger partial charge >= 0.3 is 5.97 Å². The van der Waals surface area contributed by atoms with Crippen molar-refractivity contribution in [3.05, 3.63) is 0 Å². The number of aliphatic hydroxyl groups is 1. The zero-order valence-corrected chi connectivity index (χ0v) is 10.9. The number of hydrogen-bond donors (Lipinski definition) is 2. The molecule has 0 saturated carbocycles. The number of aliphatic hydroxyl groups excluding tert-OH is 1. The van der Waals surface area contributed by atoms with Crippen molar-refractivity contribution in [1.82, 2.24) is 10.2 Å². The summed E-state index contributed by atoms with van der Waals surface area (Å²) >= 11 is 0. The van der Waals surface area contributed by atoms with E-state index in [1.165, 1.54) is 14.0 Å². The lowest BCUT2D eigenvalue weighted by atomic mass is 10.2. The zero-order valence-electron chi connectivity index (χ0n) is 10.9. The molecule has 0 spiro atoms. The van der Waals surface area contributed by atoms with E-state index in [1.807, 2.05) is 18.7 Å². The molecule has 0 saturated heterocycles. The third-order valence-corrected chi connectivity index (χ3v) is 2.40. The first-order valence-electron chi connectivity index (χ1n) is 5.62. The predicted octanol–water partition coefficient (Wildman–Crippen LogP) is -0.633. The summed E-state index contributed by atoms with van der Waals surface area (Å²) in [5.74, 6) is -0.767. The average Bonchev–Trinajstić information content (AvgIpc) is 2.25. The van der Waals surface area contributed by atoms with E-state index in [0.717, 1.165) is 0 Å². The fourth-order valence-corrected chi connectivity index (χ4v) is 1.49. The first-order chi connectivity index (χ1) is 7.92. The minimum absolute atomic E-state index is 0.00610. The quantitative estimate of drug-likeness (QED) is 0.585. The Balaban J connectivity index is 4.57. The molecule has 0 bridgehead atoms. The Labute approximate surface area is 102 Å². The van der Waals surface area contributed by atoms with Crippen molar-refractivity contribution < 1.29 is 19.4 Å². The first-order valence-corrected chi connectivity index (χ1v) is 5.62. The smallest absolute Gasteiger partial charge is 0.329 e. The van der Waals surface area contributed by atoms with Gasteiger partial charge in [-0.25, -0.2) is 4.79 Å².